The number of hydrogen-bond donors (Lipinski definition) is 2. The molecule has 28 heavy (non-hydrogen) atoms. The number of ether oxygens (including phenoxy) is 2. The van der Waals surface area contributed by atoms with E-state index < -0.39 is 0 Å². The van der Waals surface area contributed by atoms with Crippen molar-refractivity contribution >= 4 is 23.3 Å². The van der Waals surface area contributed by atoms with Gasteiger partial charge in [0.25, 0.3) is 0 Å². The average Bonchev–Trinajstić information content (AvgIpc) is 3.09. The molecule has 0 spiro atoms. The van der Waals surface area contributed by atoms with Gasteiger partial charge in [-0.25, -0.2) is 4.79 Å². The molecule has 2 aromatic rings. The van der Waals surface area contributed by atoms with Crippen molar-refractivity contribution in [3.8, 4) is 11.5 Å². The molecule has 148 valence electrons. The van der Waals surface area contributed by atoms with E-state index in [1.54, 1.807) is 18.1 Å². The molecule has 0 aliphatic carbocycles. The molecule has 7 heteroatoms. The van der Waals surface area contributed by atoms with Crippen molar-refractivity contribution in [3.63, 3.8) is 0 Å². The summed E-state index contributed by atoms with van der Waals surface area (Å²) in [4.78, 5) is 26.3. The minimum Gasteiger partial charge on any atom is -0.497 e. The molecule has 0 radical (unpaired) electrons. The molecule has 1 atom stereocenters. The smallest absolute Gasteiger partial charge is 0.319 e. The monoisotopic (exact) mass is 383 g/mol. The van der Waals surface area contributed by atoms with E-state index in [2.05, 4.69) is 10.6 Å². The number of benzene rings is 2. The molecule has 7 nitrogen and oxygen atoms in total. The number of urea groups is 1. The van der Waals surface area contributed by atoms with Gasteiger partial charge in [0.1, 0.15) is 11.5 Å². The Labute approximate surface area is 164 Å². The molecule has 0 aromatic heterocycles. The zero-order valence-corrected chi connectivity index (χ0v) is 16.1. The second-order valence-corrected chi connectivity index (χ2v) is 6.54. The Balaban J connectivity index is 1.52. The lowest BCUT2D eigenvalue weighted by atomic mass is 10.1. The van der Waals surface area contributed by atoms with Crippen LogP contribution in [0.25, 0.3) is 0 Å². The topological polar surface area (TPSA) is 79.9 Å². The maximum absolute atomic E-state index is 12.3. The van der Waals surface area contributed by atoms with Gasteiger partial charge in [0.15, 0.2) is 0 Å². The highest BCUT2D eigenvalue weighted by Crippen LogP contribution is 2.27. The van der Waals surface area contributed by atoms with Gasteiger partial charge < -0.3 is 25.0 Å². The summed E-state index contributed by atoms with van der Waals surface area (Å²) in [6.07, 6.45) is 0.405. The van der Waals surface area contributed by atoms with Crippen molar-refractivity contribution in [2.24, 2.45) is 5.92 Å². The molecule has 1 fully saturated rings. The van der Waals surface area contributed by atoms with E-state index in [0.29, 0.717) is 37.6 Å². The number of nitrogens with one attached hydrogen (secondary N) is 2. The third-order valence-electron chi connectivity index (χ3n) is 4.58. The zero-order valence-electron chi connectivity index (χ0n) is 16.1. The molecule has 1 unspecified atom stereocenters. The van der Waals surface area contributed by atoms with Crippen LogP contribution in [0.5, 0.6) is 11.5 Å². The first-order chi connectivity index (χ1) is 13.6. The van der Waals surface area contributed by atoms with Crippen LogP contribution in [0, 0.1) is 5.92 Å². The number of methoxy groups -OCH3 is 1. The number of para-hydroxylation sites is 2. The molecular weight excluding hydrogens is 358 g/mol. The van der Waals surface area contributed by atoms with E-state index in [0.717, 1.165) is 11.4 Å². The Morgan fingerprint density at radius 1 is 1.18 bits per heavy atom. The summed E-state index contributed by atoms with van der Waals surface area (Å²) in [5.74, 6) is 1.49. The second-order valence-electron chi connectivity index (χ2n) is 6.54. The molecule has 0 saturated carbocycles. The van der Waals surface area contributed by atoms with Crippen LogP contribution < -0.4 is 25.0 Å². The Kier molecular flexibility index (Phi) is 6.37. The molecular formula is C21H25N3O4. The normalized spacial score (nSPS) is 16.0. The largest absolute Gasteiger partial charge is 0.497 e. The van der Waals surface area contributed by atoms with Crippen molar-refractivity contribution in [1.82, 2.24) is 5.32 Å². The lowest BCUT2D eigenvalue weighted by molar-refractivity contribution is -0.117. The second kappa shape index (κ2) is 9.12. The Hall–Kier alpha value is -3.22. The van der Waals surface area contributed by atoms with Gasteiger partial charge in [-0.3, -0.25) is 4.79 Å². The minimum absolute atomic E-state index is 0.0547. The fourth-order valence-corrected chi connectivity index (χ4v) is 3.18. The Morgan fingerprint density at radius 2 is 1.93 bits per heavy atom. The van der Waals surface area contributed by atoms with E-state index in [-0.39, 0.29) is 17.9 Å². The van der Waals surface area contributed by atoms with E-state index in [4.69, 9.17) is 9.47 Å². The van der Waals surface area contributed by atoms with Crippen LogP contribution in [0.1, 0.15) is 13.3 Å². The Bertz CT molecular complexity index is 823. The summed E-state index contributed by atoms with van der Waals surface area (Å²) in [5.41, 5.74) is 1.45. The standard InChI is InChI=1S/C21H25N3O4/c1-3-28-19-7-5-4-6-18(19)23-21(26)22-13-15-12-20(25)24(14-15)16-8-10-17(27-2)11-9-16/h4-11,15H,3,12-14H2,1-2H3,(H2,22,23,26). The lowest BCUT2D eigenvalue weighted by Crippen LogP contribution is -2.34. The highest BCUT2D eigenvalue weighted by molar-refractivity contribution is 5.96. The van der Waals surface area contributed by atoms with Crippen molar-refractivity contribution in [2.75, 3.05) is 37.0 Å². The van der Waals surface area contributed by atoms with E-state index in [9.17, 15) is 9.59 Å². The van der Waals surface area contributed by atoms with Crippen LogP contribution in [-0.2, 0) is 4.79 Å². The maximum atomic E-state index is 12.3. The quantitative estimate of drug-likeness (QED) is 0.769. The number of carbonyl (C=O) groups is 2. The lowest BCUT2D eigenvalue weighted by Gasteiger charge is -2.17. The summed E-state index contributed by atoms with van der Waals surface area (Å²) < 4.78 is 10.7. The van der Waals surface area contributed by atoms with Gasteiger partial charge in [-0.2, -0.15) is 0 Å². The summed E-state index contributed by atoms with van der Waals surface area (Å²) >= 11 is 0. The van der Waals surface area contributed by atoms with Gasteiger partial charge in [-0.1, -0.05) is 12.1 Å². The van der Waals surface area contributed by atoms with Gasteiger partial charge in [0.2, 0.25) is 5.91 Å². The molecule has 0 bridgehead atoms. The first kappa shape index (κ1) is 19.5. The van der Waals surface area contributed by atoms with Gasteiger partial charge in [0.05, 0.1) is 19.4 Å². The van der Waals surface area contributed by atoms with Crippen LogP contribution in [0.4, 0.5) is 16.2 Å². The minimum atomic E-state index is -0.317. The van der Waals surface area contributed by atoms with Gasteiger partial charge in [-0.05, 0) is 43.3 Å². The number of amides is 3. The number of carbonyl (C=O) groups excluding carboxylic acids is 2. The molecule has 3 rings (SSSR count). The van der Waals surface area contributed by atoms with Crippen molar-refractivity contribution in [3.05, 3.63) is 48.5 Å². The molecule has 1 saturated heterocycles. The van der Waals surface area contributed by atoms with Gasteiger partial charge in [0, 0.05) is 31.1 Å². The van der Waals surface area contributed by atoms with E-state index in [1.165, 1.54) is 0 Å². The highest BCUT2D eigenvalue weighted by atomic mass is 16.5. The summed E-state index contributed by atoms with van der Waals surface area (Å²) in [6, 6.07) is 14.4. The van der Waals surface area contributed by atoms with Crippen molar-refractivity contribution < 1.29 is 19.1 Å². The van der Waals surface area contributed by atoms with Crippen LogP contribution in [0.15, 0.2) is 48.5 Å². The van der Waals surface area contributed by atoms with Gasteiger partial charge in [-0.15, -0.1) is 0 Å². The zero-order chi connectivity index (χ0) is 19.9. The number of anilines is 2. The summed E-state index contributed by atoms with van der Waals surface area (Å²) in [7, 11) is 1.61. The fourth-order valence-electron chi connectivity index (χ4n) is 3.18. The predicted octanol–water partition coefficient (Wildman–Crippen LogP) is 3.27. The van der Waals surface area contributed by atoms with Crippen molar-refractivity contribution in [2.45, 2.75) is 13.3 Å². The molecule has 3 amide bonds. The van der Waals surface area contributed by atoms with E-state index in [1.807, 2.05) is 49.4 Å². The SMILES string of the molecule is CCOc1ccccc1NC(=O)NCC1CC(=O)N(c2ccc(OC)cc2)C1. The molecule has 1 aliphatic rings. The molecule has 1 aliphatic heterocycles. The number of nitrogens with zero attached hydrogens (tertiary/aromatic N) is 1. The van der Waals surface area contributed by atoms with Crippen molar-refractivity contribution in [1.29, 1.82) is 0 Å². The number of rotatable bonds is 7. The third kappa shape index (κ3) is 4.73. The van der Waals surface area contributed by atoms with Gasteiger partial charge >= 0.3 is 6.03 Å². The predicted molar refractivity (Wildman–Crippen MR) is 108 cm³/mol. The Morgan fingerprint density at radius 3 is 2.64 bits per heavy atom. The average molecular weight is 383 g/mol. The molecule has 2 aromatic carbocycles. The first-order valence-electron chi connectivity index (χ1n) is 9.31. The molecule has 2 N–H and O–H groups in total. The summed E-state index contributed by atoms with van der Waals surface area (Å²) in [6.45, 7) is 3.40. The maximum Gasteiger partial charge on any atom is 0.319 e. The van der Waals surface area contributed by atoms with Crippen LogP contribution in [-0.4, -0.2) is 38.7 Å². The molecule has 1 heterocycles. The van der Waals surface area contributed by atoms with Crippen LogP contribution in [0.3, 0.4) is 0 Å². The number of hydrogen-bond acceptors (Lipinski definition) is 4. The first-order valence-corrected chi connectivity index (χ1v) is 9.31. The van der Waals surface area contributed by atoms with Crippen LogP contribution >= 0.6 is 0 Å². The van der Waals surface area contributed by atoms with E-state index >= 15 is 0 Å². The summed E-state index contributed by atoms with van der Waals surface area (Å²) in [5, 5.41) is 5.65. The van der Waals surface area contributed by atoms with Crippen LogP contribution in [0.2, 0.25) is 0 Å². The third-order valence-corrected chi connectivity index (χ3v) is 4.58. The fraction of sp³-hybridized carbons (Fsp3) is 0.333. The highest BCUT2D eigenvalue weighted by Gasteiger charge is 2.30.